The van der Waals surface area contributed by atoms with E-state index in [0.29, 0.717) is 12.1 Å². The highest BCUT2D eigenvalue weighted by Gasteiger charge is 2.19. The minimum atomic E-state index is 0.494. The number of thiazole rings is 1. The van der Waals surface area contributed by atoms with Gasteiger partial charge in [0.1, 0.15) is 0 Å². The summed E-state index contributed by atoms with van der Waals surface area (Å²) in [5.41, 5.74) is 1.18. The van der Waals surface area contributed by atoms with Crippen LogP contribution in [-0.4, -0.2) is 48.8 Å². The second kappa shape index (κ2) is 6.61. The second-order valence-corrected chi connectivity index (χ2v) is 6.15. The molecule has 5 heteroatoms. The van der Waals surface area contributed by atoms with Crippen molar-refractivity contribution in [2.75, 3.05) is 26.8 Å². The molecule has 0 saturated carbocycles. The van der Waals surface area contributed by atoms with Gasteiger partial charge in [0.2, 0.25) is 0 Å². The predicted molar refractivity (Wildman–Crippen MR) is 75.0 cm³/mol. The van der Waals surface area contributed by atoms with Gasteiger partial charge in [-0.3, -0.25) is 4.90 Å². The first-order chi connectivity index (χ1) is 8.65. The molecule has 1 aliphatic heterocycles. The number of morpholine rings is 1. The van der Waals surface area contributed by atoms with Gasteiger partial charge in [-0.25, -0.2) is 4.98 Å². The molecule has 0 aliphatic carbocycles. The fraction of sp³-hybridized carbons (Fsp3) is 0.769. The smallest absolute Gasteiger partial charge is 0.0897 e. The van der Waals surface area contributed by atoms with Crippen molar-refractivity contribution < 1.29 is 4.74 Å². The van der Waals surface area contributed by atoms with Crippen LogP contribution in [0.5, 0.6) is 0 Å². The van der Waals surface area contributed by atoms with Crippen LogP contribution < -0.4 is 5.32 Å². The van der Waals surface area contributed by atoms with Gasteiger partial charge in [-0.15, -0.1) is 11.3 Å². The van der Waals surface area contributed by atoms with E-state index in [4.69, 9.17) is 4.74 Å². The van der Waals surface area contributed by atoms with Crippen molar-refractivity contribution in [3.63, 3.8) is 0 Å². The summed E-state index contributed by atoms with van der Waals surface area (Å²) in [5.74, 6) is 0. The zero-order valence-corrected chi connectivity index (χ0v) is 12.3. The molecule has 2 unspecified atom stereocenters. The summed E-state index contributed by atoms with van der Waals surface area (Å²) in [6.45, 7) is 7.93. The van der Waals surface area contributed by atoms with E-state index in [1.54, 1.807) is 11.3 Å². The molecule has 4 nitrogen and oxygen atoms in total. The standard InChI is InChI=1S/C13H23N3OS/c1-10(6-12-8-17-5-4-14-12)16(3)7-13-9-18-11(2)15-13/h9-10,12,14H,4-8H2,1-3H3. The number of nitrogens with zero attached hydrogens (tertiary/aromatic N) is 2. The van der Waals surface area contributed by atoms with E-state index in [1.165, 1.54) is 5.69 Å². The molecule has 0 amide bonds. The van der Waals surface area contributed by atoms with Crippen molar-refractivity contribution in [1.29, 1.82) is 0 Å². The Morgan fingerprint density at radius 1 is 1.67 bits per heavy atom. The Balaban J connectivity index is 1.78. The molecular formula is C13H23N3OS. The van der Waals surface area contributed by atoms with Crippen LogP contribution in [0.2, 0.25) is 0 Å². The Kier molecular flexibility index (Phi) is 5.12. The van der Waals surface area contributed by atoms with Crippen molar-refractivity contribution in [3.05, 3.63) is 16.1 Å². The van der Waals surface area contributed by atoms with Gasteiger partial charge in [0.05, 0.1) is 23.9 Å². The van der Waals surface area contributed by atoms with Gasteiger partial charge >= 0.3 is 0 Å². The molecule has 0 radical (unpaired) electrons. The topological polar surface area (TPSA) is 37.4 Å². The average molecular weight is 269 g/mol. The normalized spacial score (nSPS) is 22.3. The molecule has 1 fully saturated rings. The summed E-state index contributed by atoms with van der Waals surface area (Å²) in [5, 5.41) is 6.81. The molecule has 2 heterocycles. The maximum absolute atomic E-state index is 5.49. The third-order valence-corrected chi connectivity index (χ3v) is 4.28. The van der Waals surface area contributed by atoms with Crippen molar-refractivity contribution in [3.8, 4) is 0 Å². The molecule has 2 rings (SSSR count). The number of hydrogen-bond donors (Lipinski definition) is 1. The van der Waals surface area contributed by atoms with Crippen LogP contribution in [0.3, 0.4) is 0 Å². The Morgan fingerprint density at radius 2 is 2.50 bits per heavy atom. The van der Waals surface area contributed by atoms with E-state index in [1.807, 2.05) is 0 Å². The lowest BCUT2D eigenvalue weighted by Gasteiger charge is -2.30. The summed E-state index contributed by atoms with van der Waals surface area (Å²) < 4.78 is 5.49. The van der Waals surface area contributed by atoms with Crippen molar-refractivity contribution >= 4 is 11.3 Å². The predicted octanol–water partition coefficient (Wildman–Crippen LogP) is 1.65. The number of nitrogens with one attached hydrogen (secondary N) is 1. The van der Waals surface area contributed by atoms with E-state index in [9.17, 15) is 0 Å². The van der Waals surface area contributed by atoms with Crippen LogP contribution in [0, 0.1) is 6.92 Å². The Bertz CT molecular complexity index is 363. The highest BCUT2D eigenvalue weighted by Crippen LogP contribution is 2.13. The lowest BCUT2D eigenvalue weighted by atomic mass is 10.1. The van der Waals surface area contributed by atoms with Crippen molar-refractivity contribution in [2.24, 2.45) is 0 Å². The van der Waals surface area contributed by atoms with Crippen LogP contribution in [0.25, 0.3) is 0 Å². The summed E-state index contributed by atoms with van der Waals surface area (Å²) in [6, 6.07) is 1.03. The molecule has 0 aromatic carbocycles. The number of hydrogen-bond acceptors (Lipinski definition) is 5. The molecule has 1 aromatic rings. The van der Waals surface area contributed by atoms with Gasteiger partial charge in [0, 0.05) is 30.6 Å². The Labute approximate surface area is 113 Å². The van der Waals surface area contributed by atoms with E-state index in [0.717, 1.165) is 37.7 Å². The SMILES string of the molecule is Cc1nc(CN(C)C(C)CC2COCCN2)cs1. The Hall–Kier alpha value is -0.490. The van der Waals surface area contributed by atoms with E-state index < -0.39 is 0 Å². The zero-order chi connectivity index (χ0) is 13.0. The van der Waals surface area contributed by atoms with Crippen LogP contribution in [0.4, 0.5) is 0 Å². The number of aryl methyl sites for hydroxylation is 1. The largest absolute Gasteiger partial charge is 0.379 e. The molecule has 1 N–H and O–H groups in total. The van der Waals surface area contributed by atoms with Crippen LogP contribution >= 0.6 is 11.3 Å². The molecule has 0 spiro atoms. The van der Waals surface area contributed by atoms with Gasteiger partial charge in [0.25, 0.3) is 0 Å². The van der Waals surface area contributed by atoms with Crippen molar-refractivity contribution in [2.45, 2.75) is 38.9 Å². The summed E-state index contributed by atoms with van der Waals surface area (Å²) in [4.78, 5) is 6.88. The zero-order valence-electron chi connectivity index (χ0n) is 11.5. The maximum atomic E-state index is 5.49. The fourth-order valence-electron chi connectivity index (χ4n) is 2.26. The van der Waals surface area contributed by atoms with E-state index >= 15 is 0 Å². The number of aromatic nitrogens is 1. The second-order valence-electron chi connectivity index (χ2n) is 5.08. The van der Waals surface area contributed by atoms with Gasteiger partial charge in [-0.1, -0.05) is 0 Å². The average Bonchev–Trinajstić information content (AvgIpc) is 2.76. The quantitative estimate of drug-likeness (QED) is 0.882. The third-order valence-electron chi connectivity index (χ3n) is 3.45. The molecule has 1 saturated heterocycles. The minimum Gasteiger partial charge on any atom is -0.379 e. The van der Waals surface area contributed by atoms with Gasteiger partial charge < -0.3 is 10.1 Å². The molecule has 1 aromatic heterocycles. The molecule has 1 aliphatic rings. The van der Waals surface area contributed by atoms with Crippen LogP contribution in [-0.2, 0) is 11.3 Å². The third kappa shape index (κ3) is 4.02. The first kappa shape index (κ1) is 13.9. The molecular weight excluding hydrogens is 246 g/mol. The Morgan fingerprint density at radius 3 is 3.11 bits per heavy atom. The van der Waals surface area contributed by atoms with E-state index in [2.05, 4.69) is 41.5 Å². The molecule has 18 heavy (non-hydrogen) atoms. The lowest BCUT2D eigenvalue weighted by Crippen LogP contribution is -2.45. The maximum Gasteiger partial charge on any atom is 0.0897 e. The van der Waals surface area contributed by atoms with Crippen molar-refractivity contribution in [1.82, 2.24) is 15.2 Å². The van der Waals surface area contributed by atoms with E-state index in [-0.39, 0.29) is 0 Å². The van der Waals surface area contributed by atoms with Gasteiger partial charge in [0.15, 0.2) is 0 Å². The summed E-state index contributed by atoms with van der Waals surface area (Å²) >= 11 is 1.72. The first-order valence-corrected chi connectivity index (χ1v) is 7.45. The summed E-state index contributed by atoms with van der Waals surface area (Å²) in [7, 11) is 2.17. The van der Waals surface area contributed by atoms with Gasteiger partial charge in [-0.05, 0) is 27.3 Å². The molecule has 2 atom stereocenters. The fourth-order valence-corrected chi connectivity index (χ4v) is 2.86. The first-order valence-electron chi connectivity index (χ1n) is 6.57. The monoisotopic (exact) mass is 269 g/mol. The molecule has 102 valence electrons. The highest BCUT2D eigenvalue weighted by molar-refractivity contribution is 7.09. The van der Waals surface area contributed by atoms with Gasteiger partial charge in [-0.2, -0.15) is 0 Å². The lowest BCUT2D eigenvalue weighted by molar-refractivity contribution is 0.0637. The molecule has 0 bridgehead atoms. The number of ether oxygens (including phenoxy) is 1. The minimum absolute atomic E-state index is 0.494. The highest BCUT2D eigenvalue weighted by atomic mass is 32.1. The van der Waals surface area contributed by atoms with Crippen LogP contribution in [0.1, 0.15) is 24.0 Å². The van der Waals surface area contributed by atoms with Crippen LogP contribution in [0.15, 0.2) is 5.38 Å². The summed E-state index contributed by atoms with van der Waals surface area (Å²) in [6.07, 6.45) is 1.12. The number of rotatable bonds is 5.